The standard InChI is InChI=1S/C13H20ClN5/c1-4-19-11(13(14)10(2)17-19)9-15-6-5-12-16-7-8-18(12)3/h7-8,15H,4-6,9H2,1-3H3. The van der Waals surface area contributed by atoms with E-state index in [2.05, 4.69) is 22.3 Å². The highest BCUT2D eigenvalue weighted by atomic mass is 35.5. The predicted molar refractivity (Wildman–Crippen MR) is 76.3 cm³/mol. The van der Waals surface area contributed by atoms with E-state index in [0.29, 0.717) is 0 Å². The highest BCUT2D eigenvalue weighted by Gasteiger charge is 2.11. The average molecular weight is 282 g/mol. The summed E-state index contributed by atoms with van der Waals surface area (Å²) in [6.45, 7) is 6.45. The number of halogens is 1. The maximum atomic E-state index is 6.26. The van der Waals surface area contributed by atoms with Crippen LogP contribution in [0.3, 0.4) is 0 Å². The van der Waals surface area contributed by atoms with Gasteiger partial charge in [0.1, 0.15) is 5.82 Å². The maximum Gasteiger partial charge on any atom is 0.109 e. The van der Waals surface area contributed by atoms with E-state index in [-0.39, 0.29) is 0 Å². The van der Waals surface area contributed by atoms with E-state index >= 15 is 0 Å². The Morgan fingerprint density at radius 3 is 2.84 bits per heavy atom. The minimum atomic E-state index is 0.734. The second kappa shape index (κ2) is 6.21. The quantitative estimate of drug-likeness (QED) is 0.823. The summed E-state index contributed by atoms with van der Waals surface area (Å²) in [7, 11) is 2.01. The molecule has 0 unspecified atom stereocenters. The minimum absolute atomic E-state index is 0.734. The van der Waals surface area contributed by atoms with Gasteiger partial charge in [-0.2, -0.15) is 5.10 Å². The first kappa shape index (κ1) is 14.1. The average Bonchev–Trinajstić information content (AvgIpc) is 2.92. The van der Waals surface area contributed by atoms with Gasteiger partial charge >= 0.3 is 0 Å². The molecule has 0 bridgehead atoms. The Bertz CT molecular complexity index is 543. The summed E-state index contributed by atoms with van der Waals surface area (Å²) in [5, 5.41) is 8.57. The normalized spacial score (nSPS) is 11.2. The molecule has 0 radical (unpaired) electrons. The molecule has 0 aliphatic heterocycles. The molecule has 0 spiro atoms. The Labute approximate surface area is 118 Å². The highest BCUT2D eigenvalue weighted by Crippen LogP contribution is 2.19. The fraction of sp³-hybridized carbons (Fsp3) is 0.538. The Balaban J connectivity index is 1.88. The smallest absolute Gasteiger partial charge is 0.109 e. The van der Waals surface area contributed by atoms with Crippen molar-refractivity contribution in [2.75, 3.05) is 6.54 Å². The minimum Gasteiger partial charge on any atom is -0.338 e. The molecule has 0 saturated heterocycles. The Morgan fingerprint density at radius 1 is 1.42 bits per heavy atom. The van der Waals surface area contributed by atoms with Crippen LogP contribution in [0.15, 0.2) is 12.4 Å². The van der Waals surface area contributed by atoms with Crippen LogP contribution < -0.4 is 5.32 Å². The molecule has 2 rings (SSSR count). The third-order valence-electron chi connectivity index (χ3n) is 3.19. The topological polar surface area (TPSA) is 47.7 Å². The number of hydrogen-bond donors (Lipinski definition) is 1. The fourth-order valence-corrected chi connectivity index (χ4v) is 2.28. The molecule has 0 aliphatic rings. The predicted octanol–water partition coefficient (Wildman–Crippen LogP) is 1.93. The van der Waals surface area contributed by atoms with Crippen molar-refractivity contribution in [1.82, 2.24) is 24.6 Å². The van der Waals surface area contributed by atoms with Crippen molar-refractivity contribution >= 4 is 11.6 Å². The van der Waals surface area contributed by atoms with Gasteiger partial charge in [-0.15, -0.1) is 0 Å². The molecular formula is C13H20ClN5. The molecular weight excluding hydrogens is 262 g/mol. The second-order valence-electron chi connectivity index (χ2n) is 4.54. The molecule has 1 N–H and O–H groups in total. The van der Waals surface area contributed by atoms with Crippen LogP contribution in [-0.2, 0) is 26.6 Å². The number of nitrogens with zero attached hydrogens (tertiary/aromatic N) is 4. The van der Waals surface area contributed by atoms with Gasteiger partial charge in [0.25, 0.3) is 0 Å². The molecule has 2 aromatic heterocycles. The van der Waals surface area contributed by atoms with Gasteiger partial charge in [-0.3, -0.25) is 4.68 Å². The molecule has 19 heavy (non-hydrogen) atoms. The summed E-state index contributed by atoms with van der Waals surface area (Å²) in [4.78, 5) is 4.30. The summed E-state index contributed by atoms with van der Waals surface area (Å²) in [6, 6.07) is 0. The highest BCUT2D eigenvalue weighted by molar-refractivity contribution is 6.31. The van der Waals surface area contributed by atoms with Gasteiger partial charge in [0.05, 0.1) is 16.4 Å². The lowest BCUT2D eigenvalue weighted by molar-refractivity contribution is 0.574. The van der Waals surface area contributed by atoms with Crippen molar-refractivity contribution in [2.45, 2.75) is 33.4 Å². The summed E-state index contributed by atoms with van der Waals surface area (Å²) in [5.74, 6) is 1.08. The molecule has 0 amide bonds. The number of hydrogen-bond acceptors (Lipinski definition) is 3. The Morgan fingerprint density at radius 2 is 2.21 bits per heavy atom. The van der Waals surface area contributed by atoms with Crippen molar-refractivity contribution < 1.29 is 0 Å². The fourth-order valence-electron chi connectivity index (χ4n) is 2.08. The van der Waals surface area contributed by atoms with Crippen LogP contribution in [0, 0.1) is 6.92 Å². The summed E-state index contributed by atoms with van der Waals surface area (Å²) in [5.41, 5.74) is 1.95. The molecule has 0 fully saturated rings. The zero-order chi connectivity index (χ0) is 13.8. The molecule has 0 aromatic carbocycles. The Kier molecular flexibility index (Phi) is 4.61. The largest absolute Gasteiger partial charge is 0.338 e. The maximum absolute atomic E-state index is 6.26. The molecule has 6 heteroatoms. The third-order valence-corrected chi connectivity index (χ3v) is 3.68. The number of rotatable bonds is 6. The number of nitrogens with one attached hydrogen (secondary N) is 1. The molecule has 5 nitrogen and oxygen atoms in total. The van der Waals surface area contributed by atoms with Crippen LogP contribution in [-0.4, -0.2) is 25.9 Å². The molecule has 104 valence electrons. The molecule has 0 aliphatic carbocycles. The van der Waals surface area contributed by atoms with E-state index in [0.717, 1.165) is 48.3 Å². The number of imidazole rings is 1. The summed E-state index contributed by atoms with van der Waals surface area (Å²) < 4.78 is 3.99. The molecule has 0 atom stereocenters. The van der Waals surface area contributed by atoms with E-state index in [1.807, 2.05) is 35.6 Å². The van der Waals surface area contributed by atoms with Crippen molar-refractivity contribution in [3.8, 4) is 0 Å². The van der Waals surface area contributed by atoms with Crippen LogP contribution in [0.25, 0.3) is 0 Å². The van der Waals surface area contributed by atoms with Gasteiger partial charge in [-0.25, -0.2) is 4.98 Å². The zero-order valence-electron chi connectivity index (χ0n) is 11.6. The van der Waals surface area contributed by atoms with E-state index in [4.69, 9.17) is 11.6 Å². The molecule has 0 saturated carbocycles. The van der Waals surface area contributed by atoms with Crippen LogP contribution in [0.4, 0.5) is 0 Å². The van der Waals surface area contributed by atoms with Crippen LogP contribution in [0.5, 0.6) is 0 Å². The lowest BCUT2D eigenvalue weighted by atomic mass is 10.3. The lowest BCUT2D eigenvalue weighted by Gasteiger charge is -2.07. The van der Waals surface area contributed by atoms with Gasteiger partial charge in [0.2, 0.25) is 0 Å². The van der Waals surface area contributed by atoms with Crippen molar-refractivity contribution in [3.63, 3.8) is 0 Å². The van der Waals surface area contributed by atoms with E-state index in [1.54, 1.807) is 0 Å². The summed E-state index contributed by atoms with van der Waals surface area (Å²) >= 11 is 6.26. The third kappa shape index (κ3) is 3.16. The van der Waals surface area contributed by atoms with Gasteiger partial charge in [0, 0.05) is 45.5 Å². The zero-order valence-corrected chi connectivity index (χ0v) is 12.4. The van der Waals surface area contributed by atoms with Gasteiger partial charge in [0.15, 0.2) is 0 Å². The van der Waals surface area contributed by atoms with Gasteiger partial charge < -0.3 is 9.88 Å². The van der Waals surface area contributed by atoms with E-state index < -0.39 is 0 Å². The lowest BCUT2D eigenvalue weighted by Crippen LogP contribution is -2.20. The second-order valence-corrected chi connectivity index (χ2v) is 4.92. The number of aromatic nitrogens is 4. The van der Waals surface area contributed by atoms with Gasteiger partial charge in [-0.1, -0.05) is 11.6 Å². The van der Waals surface area contributed by atoms with Crippen LogP contribution in [0.1, 0.15) is 24.1 Å². The van der Waals surface area contributed by atoms with Crippen molar-refractivity contribution in [2.24, 2.45) is 7.05 Å². The van der Waals surface area contributed by atoms with Crippen LogP contribution >= 0.6 is 11.6 Å². The Hall–Kier alpha value is -1.33. The van der Waals surface area contributed by atoms with Gasteiger partial charge in [-0.05, 0) is 13.8 Å². The van der Waals surface area contributed by atoms with E-state index in [9.17, 15) is 0 Å². The van der Waals surface area contributed by atoms with E-state index in [1.165, 1.54) is 0 Å². The van der Waals surface area contributed by atoms with Crippen molar-refractivity contribution in [3.05, 3.63) is 34.6 Å². The molecule has 2 heterocycles. The monoisotopic (exact) mass is 281 g/mol. The molecule has 2 aromatic rings. The first-order valence-corrected chi connectivity index (χ1v) is 6.90. The number of aryl methyl sites for hydroxylation is 3. The first-order chi connectivity index (χ1) is 9.13. The first-order valence-electron chi connectivity index (χ1n) is 6.52. The SMILES string of the molecule is CCn1nc(C)c(Cl)c1CNCCc1nccn1C. The summed E-state index contributed by atoms with van der Waals surface area (Å²) in [6.07, 6.45) is 4.68. The van der Waals surface area contributed by atoms with Crippen molar-refractivity contribution in [1.29, 1.82) is 0 Å². The van der Waals surface area contributed by atoms with Crippen LogP contribution in [0.2, 0.25) is 5.02 Å².